The summed E-state index contributed by atoms with van der Waals surface area (Å²) in [5, 5.41) is 8.98. The van der Waals surface area contributed by atoms with Crippen LogP contribution in [0.15, 0.2) is 102 Å². The first-order valence-corrected chi connectivity index (χ1v) is 13.2. The molecular formula is C31H25N2O4S. The molecule has 0 saturated heterocycles. The lowest BCUT2D eigenvalue weighted by atomic mass is 9.92. The van der Waals surface area contributed by atoms with Crippen LogP contribution < -0.4 is 20.1 Å². The van der Waals surface area contributed by atoms with Crippen LogP contribution in [0.25, 0.3) is 32.7 Å². The number of carbonyl (C=O) groups is 2. The van der Waals surface area contributed by atoms with Crippen molar-refractivity contribution in [1.82, 2.24) is 5.32 Å². The normalized spacial score (nSPS) is 10.8. The zero-order chi connectivity index (χ0) is 26.5. The topological polar surface area (TPSA) is 76.7 Å². The van der Waals surface area contributed by atoms with Crippen molar-refractivity contribution in [3.05, 3.63) is 104 Å². The van der Waals surface area contributed by atoms with E-state index in [0.717, 1.165) is 26.4 Å². The maximum absolute atomic E-state index is 13.1. The molecule has 0 saturated carbocycles. The van der Waals surface area contributed by atoms with Gasteiger partial charge in [0.25, 0.3) is 0 Å². The third kappa shape index (κ3) is 5.28. The second-order valence-corrected chi connectivity index (χ2v) is 9.26. The maximum Gasteiger partial charge on any atom is 0.417 e. The summed E-state index contributed by atoms with van der Waals surface area (Å²) in [5.74, 6) is 0.671. The summed E-state index contributed by atoms with van der Waals surface area (Å²) in [4.78, 5) is 26.5. The number of hydrogen-bond donors (Lipinski definition) is 2. The first-order chi connectivity index (χ1) is 18.6. The fraction of sp³-hybridized carbons (Fsp3) is 0.0645. The van der Waals surface area contributed by atoms with E-state index in [1.54, 1.807) is 30.0 Å². The summed E-state index contributed by atoms with van der Waals surface area (Å²) in [6, 6.07) is 30.4. The Morgan fingerprint density at radius 2 is 1.32 bits per heavy atom. The number of benzene rings is 5. The predicted octanol–water partition coefficient (Wildman–Crippen LogP) is 7.92. The zero-order valence-corrected chi connectivity index (χ0v) is 21.5. The molecule has 189 valence electrons. The number of rotatable bonds is 6. The Morgan fingerprint density at radius 3 is 1.89 bits per heavy atom. The van der Waals surface area contributed by atoms with Crippen LogP contribution in [-0.4, -0.2) is 25.0 Å². The highest BCUT2D eigenvalue weighted by molar-refractivity contribution is 7.98. The summed E-state index contributed by atoms with van der Waals surface area (Å²) in [5.41, 5.74) is 1.92. The largest absolute Gasteiger partial charge is 0.417 e. The van der Waals surface area contributed by atoms with Gasteiger partial charge in [0.15, 0.2) is 0 Å². The van der Waals surface area contributed by atoms with Gasteiger partial charge in [-0.1, -0.05) is 66.7 Å². The van der Waals surface area contributed by atoms with E-state index in [0.29, 0.717) is 28.3 Å². The average Bonchev–Trinajstić information content (AvgIpc) is 2.93. The van der Waals surface area contributed by atoms with Crippen molar-refractivity contribution in [3.8, 4) is 22.6 Å². The number of nitrogens with one attached hydrogen (secondary N) is 2. The molecular weight excluding hydrogens is 496 g/mol. The zero-order valence-electron chi connectivity index (χ0n) is 20.7. The molecule has 0 bridgehead atoms. The van der Waals surface area contributed by atoms with Gasteiger partial charge in [-0.3, -0.25) is 5.32 Å². The van der Waals surface area contributed by atoms with Crippen LogP contribution in [0, 0.1) is 6.92 Å². The van der Waals surface area contributed by atoms with Gasteiger partial charge in [-0.05, 0) is 65.1 Å². The van der Waals surface area contributed by atoms with Crippen molar-refractivity contribution in [3.63, 3.8) is 0 Å². The summed E-state index contributed by atoms with van der Waals surface area (Å²) in [6.45, 7) is 3.84. The lowest BCUT2D eigenvalue weighted by Gasteiger charge is -2.19. The lowest BCUT2D eigenvalue weighted by molar-refractivity contribution is 0.201. The van der Waals surface area contributed by atoms with E-state index in [1.807, 2.05) is 85.1 Å². The van der Waals surface area contributed by atoms with Crippen LogP contribution >= 0.6 is 11.8 Å². The number of ether oxygens (including phenoxy) is 2. The Labute approximate surface area is 225 Å². The SMILES string of the molecule is [CH2]CNC(=O)Oc1ccc2ccccc2c1-c1c(OC(=O)Nc2cccc(SC)c2)ccc2ccccc12. The molecule has 0 atom stereocenters. The van der Waals surface area contributed by atoms with E-state index in [9.17, 15) is 9.59 Å². The van der Waals surface area contributed by atoms with E-state index in [4.69, 9.17) is 9.47 Å². The fourth-order valence-electron chi connectivity index (χ4n) is 4.37. The molecule has 2 N–H and O–H groups in total. The highest BCUT2D eigenvalue weighted by atomic mass is 32.2. The van der Waals surface area contributed by atoms with Crippen LogP contribution in [0.4, 0.5) is 15.3 Å². The van der Waals surface area contributed by atoms with E-state index >= 15 is 0 Å². The van der Waals surface area contributed by atoms with E-state index in [2.05, 4.69) is 17.6 Å². The summed E-state index contributed by atoms with van der Waals surface area (Å²) >= 11 is 1.58. The van der Waals surface area contributed by atoms with Gasteiger partial charge >= 0.3 is 12.2 Å². The van der Waals surface area contributed by atoms with Gasteiger partial charge in [-0.15, -0.1) is 11.8 Å². The number of amides is 2. The number of fused-ring (bicyclic) bond motifs is 2. The smallest absolute Gasteiger partial charge is 0.410 e. The fourth-order valence-corrected chi connectivity index (χ4v) is 4.83. The minimum absolute atomic E-state index is 0.183. The van der Waals surface area contributed by atoms with Crippen molar-refractivity contribution in [2.45, 2.75) is 4.90 Å². The molecule has 0 aliphatic heterocycles. The van der Waals surface area contributed by atoms with Crippen LogP contribution in [0.5, 0.6) is 11.5 Å². The van der Waals surface area contributed by atoms with Crippen LogP contribution in [-0.2, 0) is 0 Å². The number of hydrogen-bond acceptors (Lipinski definition) is 5. The first kappa shape index (κ1) is 25.2. The Balaban J connectivity index is 1.66. The van der Waals surface area contributed by atoms with Gasteiger partial charge in [0.05, 0.1) is 0 Å². The van der Waals surface area contributed by atoms with Crippen molar-refractivity contribution in [2.75, 3.05) is 18.1 Å². The molecule has 0 spiro atoms. The highest BCUT2D eigenvalue weighted by Gasteiger charge is 2.22. The molecule has 5 aromatic carbocycles. The van der Waals surface area contributed by atoms with Crippen molar-refractivity contribution >= 4 is 51.2 Å². The van der Waals surface area contributed by atoms with Crippen molar-refractivity contribution in [2.24, 2.45) is 0 Å². The van der Waals surface area contributed by atoms with E-state index in [1.165, 1.54) is 0 Å². The molecule has 5 aromatic rings. The molecule has 0 aliphatic carbocycles. The molecule has 0 heterocycles. The molecule has 38 heavy (non-hydrogen) atoms. The van der Waals surface area contributed by atoms with Gasteiger partial charge in [0.1, 0.15) is 11.5 Å². The number of thioether (sulfide) groups is 1. The van der Waals surface area contributed by atoms with Gasteiger partial charge in [0.2, 0.25) is 0 Å². The molecule has 0 unspecified atom stereocenters. The van der Waals surface area contributed by atoms with Gasteiger partial charge in [-0.2, -0.15) is 0 Å². The van der Waals surface area contributed by atoms with Crippen LogP contribution in [0.1, 0.15) is 0 Å². The third-order valence-electron chi connectivity index (χ3n) is 6.02. The molecule has 5 rings (SSSR count). The average molecular weight is 522 g/mol. The van der Waals surface area contributed by atoms with Crippen LogP contribution in [0.3, 0.4) is 0 Å². The van der Waals surface area contributed by atoms with Crippen molar-refractivity contribution in [1.29, 1.82) is 0 Å². The Hall–Kier alpha value is -4.49. The summed E-state index contributed by atoms with van der Waals surface area (Å²) in [6.07, 6.45) is 0.725. The standard InChI is InChI=1S/C31H25N2O4S/c1-3-32-30(34)36-26-17-15-20-9-4-6-13-24(20)28(26)29-25-14-7-5-10-21(25)16-18-27(29)37-31(35)33-22-11-8-12-23(19-22)38-2/h4-19H,1,3H2,2H3,(H,32,34)(H,33,35). The maximum atomic E-state index is 13.1. The molecule has 0 aromatic heterocycles. The minimum Gasteiger partial charge on any atom is -0.410 e. The monoisotopic (exact) mass is 521 g/mol. The van der Waals surface area contributed by atoms with Crippen molar-refractivity contribution < 1.29 is 19.1 Å². The minimum atomic E-state index is -0.628. The molecule has 2 amide bonds. The lowest BCUT2D eigenvalue weighted by Crippen LogP contribution is -2.26. The summed E-state index contributed by atoms with van der Waals surface area (Å²) < 4.78 is 11.6. The highest BCUT2D eigenvalue weighted by Crippen LogP contribution is 2.45. The molecule has 6 nitrogen and oxygen atoms in total. The second kappa shape index (κ2) is 11.3. The van der Waals surface area contributed by atoms with Gasteiger partial charge < -0.3 is 14.8 Å². The second-order valence-electron chi connectivity index (χ2n) is 8.38. The number of carbonyl (C=O) groups excluding carboxylic acids is 2. The quantitative estimate of drug-likeness (QED) is 0.222. The van der Waals surface area contributed by atoms with E-state index in [-0.39, 0.29) is 6.54 Å². The Kier molecular flexibility index (Phi) is 7.47. The van der Waals surface area contributed by atoms with Gasteiger partial charge in [-0.25, -0.2) is 9.59 Å². The first-order valence-electron chi connectivity index (χ1n) is 12.0. The third-order valence-corrected chi connectivity index (χ3v) is 6.75. The molecule has 0 fully saturated rings. The Bertz CT molecular complexity index is 1650. The van der Waals surface area contributed by atoms with E-state index < -0.39 is 12.2 Å². The summed E-state index contributed by atoms with van der Waals surface area (Å²) in [7, 11) is 0. The van der Waals surface area contributed by atoms with Gasteiger partial charge in [0, 0.05) is 28.3 Å². The molecule has 7 heteroatoms. The molecule has 0 aliphatic rings. The molecule has 1 radical (unpaired) electrons. The Morgan fingerprint density at radius 1 is 0.737 bits per heavy atom. The van der Waals surface area contributed by atoms with Crippen LogP contribution in [0.2, 0.25) is 0 Å². The predicted molar refractivity (Wildman–Crippen MR) is 154 cm³/mol. The number of anilines is 1.